The fourth-order valence-electron chi connectivity index (χ4n) is 2.59. The van der Waals surface area contributed by atoms with E-state index >= 15 is 0 Å². The molecule has 2 aromatic heterocycles. The summed E-state index contributed by atoms with van der Waals surface area (Å²) in [4.78, 5) is 27.5. The van der Waals surface area contributed by atoms with E-state index in [0.717, 1.165) is 10.7 Å². The zero-order chi connectivity index (χ0) is 18.4. The number of nitrogens with one attached hydrogen (secondary N) is 2. The lowest BCUT2D eigenvalue weighted by Gasteiger charge is -2.35. The minimum atomic E-state index is -0.237. The number of carbonyl (C=O) groups is 1. The van der Waals surface area contributed by atoms with Crippen LogP contribution in [0.15, 0.2) is 17.1 Å². The van der Waals surface area contributed by atoms with Gasteiger partial charge in [-0.2, -0.15) is 5.10 Å². The number of H-pyrrole nitrogens is 1. The first-order valence-electron chi connectivity index (χ1n) is 8.41. The van der Waals surface area contributed by atoms with E-state index in [2.05, 4.69) is 25.7 Å². The van der Waals surface area contributed by atoms with Crippen LogP contribution < -0.4 is 15.8 Å². The fraction of sp³-hybridized carbons (Fsp3) is 0.533. The van der Waals surface area contributed by atoms with Gasteiger partial charge < -0.3 is 14.5 Å². The van der Waals surface area contributed by atoms with E-state index in [1.165, 1.54) is 17.4 Å². The molecule has 0 spiro atoms. The maximum Gasteiger partial charge on any atom is 0.323 e. The first kappa shape index (κ1) is 18.3. The number of aromatic amines is 1. The van der Waals surface area contributed by atoms with Crippen LogP contribution in [0.2, 0.25) is 0 Å². The van der Waals surface area contributed by atoms with Gasteiger partial charge in [0, 0.05) is 45.3 Å². The molecule has 0 unspecified atom stereocenters. The number of urea groups is 1. The van der Waals surface area contributed by atoms with Gasteiger partial charge in [0.15, 0.2) is 0 Å². The average molecular weight is 379 g/mol. The van der Waals surface area contributed by atoms with Gasteiger partial charge in [0.2, 0.25) is 5.13 Å². The summed E-state index contributed by atoms with van der Waals surface area (Å²) in [7, 11) is 0. The summed E-state index contributed by atoms with van der Waals surface area (Å²) in [5.74, 6) is 0. The second-order valence-electron chi connectivity index (χ2n) is 5.66. The molecule has 3 rings (SSSR count). The van der Waals surface area contributed by atoms with E-state index in [4.69, 9.17) is 4.74 Å². The van der Waals surface area contributed by atoms with Gasteiger partial charge in [-0.1, -0.05) is 11.3 Å². The third-order valence-electron chi connectivity index (χ3n) is 3.93. The summed E-state index contributed by atoms with van der Waals surface area (Å²) in [6.07, 6.45) is 2.30. The van der Waals surface area contributed by atoms with Crippen LogP contribution in [0.4, 0.5) is 15.6 Å². The lowest BCUT2D eigenvalue weighted by molar-refractivity contribution is 0.150. The first-order valence-corrected chi connectivity index (χ1v) is 9.23. The molecule has 0 bridgehead atoms. The number of anilines is 2. The standard InChI is InChI=1S/C15H21N7O3S/c1-2-25-8-3-13-19-20-14(26-13)17-15(24)22-6-4-21(5-7-22)11-9-12(23)18-16-10-11/h9-10H,2-8H2,1H3,(H,18,23)(H,17,20,24). The van der Waals surface area contributed by atoms with E-state index in [0.29, 0.717) is 50.9 Å². The molecule has 2 N–H and O–H groups in total. The van der Waals surface area contributed by atoms with Crippen molar-refractivity contribution in [2.24, 2.45) is 0 Å². The summed E-state index contributed by atoms with van der Waals surface area (Å²) in [5.41, 5.74) is 0.524. The maximum absolute atomic E-state index is 12.4. The topological polar surface area (TPSA) is 116 Å². The third kappa shape index (κ3) is 4.76. The van der Waals surface area contributed by atoms with Crippen molar-refractivity contribution >= 4 is 28.2 Å². The number of carbonyl (C=O) groups excluding carboxylic acids is 1. The minimum Gasteiger partial charge on any atom is -0.381 e. The van der Waals surface area contributed by atoms with Crippen molar-refractivity contribution < 1.29 is 9.53 Å². The Kier molecular flexibility index (Phi) is 6.12. The smallest absolute Gasteiger partial charge is 0.323 e. The first-order chi connectivity index (χ1) is 12.7. The number of aromatic nitrogens is 4. The lowest BCUT2D eigenvalue weighted by Crippen LogP contribution is -2.50. The van der Waals surface area contributed by atoms with Gasteiger partial charge >= 0.3 is 6.03 Å². The van der Waals surface area contributed by atoms with E-state index in [1.807, 2.05) is 11.8 Å². The van der Waals surface area contributed by atoms with E-state index in [-0.39, 0.29) is 11.6 Å². The fourth-order valence-corrected chi connectivity index (χ4v) is 3.30. The largest absolute Gasteiger partial charge is 0.381 e. The summed E-state index contributed by atoms with van der Waals surface area (Å²) in [5, 5.41) is 18.3. The number of amides is 2. The summed E-state index contributed by atoms with van der Waals surface area (Å²) in [6, 6.07) is 1.31. The number of rotatable bonds is 6. The normalized spacial score (nSPS) is 14.5. The van der Waals surface area contributed by atoms with E-state index in [9.17, 15) is 9.59 Å². The molecule has 0 aromatic carbocycles. The molecule has 11 heteroatoms. The molecule has 0 radical (unpaired) electrons. The molecular formula is C15H21N7O3S. The quantitative estimate of drug-likeness (QED) is 0.704. The molecule has 140 valence electrons. The molecule has 26 heavy (non-hydrogen) atoms. The number of hydrogen-bond acceptors (Lipinski definition) is 8. The van der Waals surface area contributed by atoms with Gasteiger partial charge in [-0.05, 0) is 6.92 Å². The zero-order valence-electron chi connectivity index (χ0n) is 14.5. The molecule has 2 amide bonds. The molecule has 1 saturated heterocycles. The second kappa shape index (κ2) is 8.72. The molecule has 0 saturated carbocycles. The molecule has 1 aliphatic heterocycles. The monoisotopic (exact) mass is 379 g/mol. The molecular weight excluding hydrogens is 358 g/mol. The Morgan fingerprint density at radius 1 is 1.35 bits per heavy atom. The Morgan fingerprint density at radius 2 is 2.15 bits per heavy atom. The van der Waals surface area contributed by atoms with Crippen LogP contribution >= 0.6 is 11.3 Å². The SMILES string of the molecule is CCOCCc1nnc(NC(=O)N2CCN(c3cn[nH]c(=O)c3)CC2)s1. The molecule has 2 aromatic rings. The van der Waals surface area contributed by atoms with Crippen LogP contribution in [0.3, 0.4) is 0 Å². The highest BCUT2D eigenvalue weighted by molar-refractivity contribution is 7.15. The summed E-state index contributed by atoms with van der Waals surface area (Å²) >= 11 is 1.36. The van der Waals surface area contributed by atoms with Gasteiger partial charge in [0.05, 0.1) is 18.5 Å². The van der Waals surface area contributed by atoms with Crippen molar-refractivity contribution in [2.75, 3.05) is 49.6 Å². The second-order valence-corrected chi connectivity index (χ2v) is 6.72. The summed E-state index contributed by atoms with van der Waals surface area (Å²) in [6.45, 7) is 5.57. The van der Waals surface area contributed by atoms with Crippen molar-refractivity contribution in [3.63, 3.8) is 0 Å². The molecule has 1 aliphatic rings. The molecule has 0 aliphatic carbocycles. The Labute approximate surface area is 154 Å². The highest BCUT2D eigenvalue weighted by Crippen LogP contribution is 2.17. The number of hydrogen-bond donors (Lipinski definition) is 2. The number of nitrogens with zero attached hydrogens (tertiary/aromatic N) is 5. The number of piperazine rings is 1. The number of ether oxygens (including phenoxy) is 1. The minimum absolute atomic E-state index is 0.193. The molecule has 1 fully saturated rings. The van der Waals surface area contributed by atoms with Gasteiger partial charge in [0.1, 0.15) is 5.01 Å². The van der Waals surface area contributed by atoms with Crippen molar-refractivity contribution in [3.8, 4) is 0 Å². The van der Waals surface area contributed by atoms with Crippen LogP contribution in [-0.4, -0.2) is 70.7 Å². The highest BCUT2D eigenvalue weighted by atomic mass is 32.1. The highest BCUT2D eigenvalue weighted by Gasteiger charge is 2.22. The zero-order valence-corrected chi connectivity index (χ0v) is 15.3. The van der Waals surface area contributed by atoms with Crippen molar-refractivity contribution in [3.05, 3.63) is 27.6 Å². The van der Waals surface area contributed by atoms with Crippen LogP contribution in [-0.2, 0) is 11.2 Å². The Bertz CT molecular complexity index is 785. The molecule has 0 atom stereocenters. The Morgan fingerprint density at radius 3 is 2.88 bits per heavy atom. The third-order valence-corrected chi connectivity index (χ3v) is 4.83. The average Bonchev–Trinajstić information content (AvgIpc) is 3.09. The van der Waals surface area contributed by atoms with E-state index in [1.54, 1.807) is 11.1 Å². The van der Waals surface area contributed by atoms with E-state index < -0.39 is 0 Å². The predicted molar refractivity (Wildman–Crippen MR) is 97.8 cm³/mol. The summed E-state index contributed by atoms with van der Waals surface area (Å²) < 4.78 is 5.29. The maximum atomic E-state index is 12.4. The van der Waals surface area contributed by atoms with Crippen molar-refractivity contribution in [1.82, 2.24) is 25.3 Å². The molecule has 10 nitrogen and oxygen atoms in total. The van der Waals surface area contributed by atoms with Crippen LogP contribution in [0.1, 0.15) is 11.9 Å². The van der Waals surface area contributed by atoms with Gasteiger partial charge in [-0.25, -0.2) is 9.89 Å². The Balaban J connectivity index is 1.48. The predicted octanol–water partition coefficient (Wildman–Crippen LogP) is 0.554. The van der Waals surface area contributed by atoms with Gasteiger partial charge in [-0.3, -0.25) is 10.1 Å². The van der Waals surface area contributed by atoms with Crippen LogP contribution in [0.5, 0.6) is 0 Å². The molecule has 3 heterocycles. The van der Waals surface area contributed by atoms with Crippen LogP contribution in [0, 0.1) is 0 Å². The Hall–Kier alpha value is -2.53. The van der Waals surface area contributed by atoms with Gasteiger partial charge in [-0.15, -0.1) is 10.2 Å². The van der Waals surface area contributed by atoms with Crippen LogP contribution in [0.25, 0.3) is 0 Å². The van der Waals surface area contributed by atoms with Crippen molar-refractivity contribution in [2.45, 2.75) is 13.3 Å². The van der Waals surface area contributed by atoms with Crippen molar-refractivity contribution in [1.29, 1.82) is 0 Å². The lowest BCUT2D eigenvalue weighted by atomic mass is 10.3. The van der Waals surface area contributed by atoms with Gasteiger partial charge in [0.25, 0.3) is 5.56 Å².